The average molecular weight is 734 g/mol. The van der Waals surface area contributed by atoms with Gasteiger partial charge >= 0.3 is 0 Å². The molecule has 0 atom stereocenters. The van der Waals surface area contributed by atoms with Gasteiger partial charge in [0.2, 0.25) is 0 Å². The van der Waals surface area contributed by atoms with Crippen LogP contribution in [-0.4, -0.2) is 10.2 Å². The van der Waals surface area contributed by atoms with Crippen molar-refractivity contribution in [2.75, 3.05) is 4.90 Å². The highest BCUT2D eigenvalue weighted by Gasteiger charge is 2.33. The van der Waals surface area contributed by atoms with Gasteiger partial charge in [0.1, 0.15) is 12.4 Å². The summed E-state index contributed by atoms with van der Waals surface area (Å²) in [6, 6.07) is 21.6. The highest BCUT2D eigenvalue weighted by molar-refractivity contribution is 14.1. The van der Waals surface area contributed by atoms with E-state index in [9.17, 15) is 4.79 Å². The Morgan fingerprint density at radius 2 is 1.68 bits per heavy atom. The normalized spacial score (nSPS) is 15.1. The number of hydrogen-bond acceptors (Lipinski definition) is 4. The number of nitrogens with zero attached hydrogens (tertiary/aromatic N) is 1. The summed E-state index contributed by atoms with van der Waals surface area (Å²) < 4.78 is 9.65. The molecule has 3 aromatic rings. The number of thiocarbonyl (C=S) groups is 1. The SMILES string of the molecule is O=C1/C(=C\c2cc(I)c(OCc3ccc(Br)cc3)c(I)c2)SC(=S)N1c1ccccc1. The topological polar surface area (TPSA) is 29.5 Å². The fourth-order valence-corrected chi connectivity index (χ4v) is 6.65. The van der Waals surface area contributed by atoms with Crippen molar-refractivity contribution in [3.05, 3.63) is 94.4 Å². The zero-order valence-electron chi connectivity index (χ0n) is 15.8. The fraction of sp³-hybridized carbons (Fsp3) is 0.0435. The van der Waals surface area contributed by atoms with Crippen molar-refractivity contribution in [2.24, 2.45) is 0 Å². The first kappa shape index (κ1) is 23.2. The number of amides is 1. The molecule has 1 fully saturated rings. The zero-order valence-corrected chi connectivity index (χ0v) is 23.4. The number of ether oxygens (including phenoxy) is 1. The highest BCUT2D eigenvalue weighted by Crippen LogP contribution is 2.37. The van der Waals surface area contributed by atoms with Crippen LogP contribution >= 0.6 is 85.1 Å². The minimum absolute atomic E-state index is 0.0956. The molecule has 1 aliphatic rings. The minimum Gasteiger partial charge on any atom is -0.487 e. The molecule has 0 aliphatic carbocycles. The van der Waals surface area contributed by atoms with Gasteiger partial charge < -0.3 is 4.74 Å². The van der Waals surface area contributed by atoms with E-state index >= 15 is 0 Å². The standard InChI is InChI=1S/C23H14BrI2NO2S2/c24-16-8-6-14(7-9-16)13-29-21-18(25)10-15(11-19(21)26)12-20-22(28)27(23(30)31-20)17-4-2-1-3-5-17/h1-12H,13H2/b20-12+. The summed E-state index contributed by atoms with van der Waals surface area (Å²) in [6.45, 7) is 0.494. The van der Waals surface area contributed by atoms with Gasteiger partial charge in [-0.05, 0) is 98.8 Å². The number of carbonyl (C=O) groups excluding carboxylic acids is 1. The smallest absolute Gasteiger partial charge is 0.270 e. The molecular weight excluding hydrogens is 720 g/mol. The van der Waals surface area contributed by atoms with Gasteiger partial charge in [-0.15, -0.1) is 0 Å². The lowest BCUT2D eigenvalue weighted by molar-refractivity contribution is -0.113. The summed E-state index contributed by atoms with van der Waals surface area (Å²) >= 11 is 14.8. The molecule has 0 radical (unpaired) electrons. The molecule has 4 rings (SSSR count). The Labute approximate surface area is 226 Å². The molecule has 3 nitrogen and oxygen atoms in total. The monoisotopic (exact) mass is 733 g/mol. The van der Waals surface area contributed by atoms with Gasteiger partial charge in [-0.1, -0.05) is 70.2 Å². The highest BCUT2D eigenvalue weighted by atomic mass is 127. The van der Waals surface area contributed by atoms with Crippen LogP contribution in [0.25, 0.3) is 6.08 Å². The number of benzene rings is 3. The van der Waals surface area contributed by atoms with Crippen LogP contribution in [0.4, 0.5) is 5.69 Å². The summed E-state index contributed by atoms with van der Waals surface area (Å²) in [5.41, 5.74) is 2.83. The number of hydrogen-bond donors (Lipinski definition) is 0. The Morgan fingerprint density at radius 3 is 2.32 bits per heavy atom. The van der Waals surface area contributed by atoms with E-state index < -0.39 is 0 Å². The predicted octanol–water partition coefficient (Wildman–Crippen LogP) is 7.64. The molecule has 156 valence electrons. The lowest BCUT2D eigenvalue weighted by Crippen LogP contribution is -2.27. The van der Waals surface area contributed by atoms with Crippen LogP contribution in [0.2, 0.25) is 0 Å². The van der Waals surface area contributed by atoms with E-state index in [1.807, 2.05) is 72.8 Å². The molecule has 3 aromatic carbocycles. The van der Waals surface area contributed by atoms with Gasteiger partial charge in [0, 0.05) is 4.47 Å². The lowest BCUT2D eigenvalue weighted by atomic mass is 10.2. The third kappa shape index (κ3) is 5.52. The van der Waals surface area contributed by atoms with E-state index in [1.54, 1.807) is 4.90 Å². The van der Waals surface area contributed by atoms with Gasteiger partial charge in [0.25, 0.3) is 5.91 Å². The number of halogens is 3. The van der Waals surface area contributed by atoms with Crippen LogP contribution in [0, 0.1) is 7.14 Å². The number of anilines is 1. The maximum absolute atomic E-state index is 13.0. The van der Waals surface area contributed by atoms with Crippen LogP contribution in [0.1, 0.15) is 11.1 Å². The van der Waals surface area contributed by atoms with Crippen molar-refractivity contribution in [3.63, 3.8) is 0 Å². The summed E-state index contributed by atoms with van der Waals surface area (Å²) in [5.74, 6) is 0.750. The van der Waals surface area contributed by atoms with Gasteiger partial charge in [-0.25, -0.2) is 0 Å². The molecule has 0 bridgehead atoms. The first-order chi connectivity index (χ1) is 14.9. The fourth-order valence-electron chi connectivity index (χ4n) is 2.96. The van der Waals surface area contributed by atoms with Gasteiger partial charge in [0.05, 0.1) is 17.7 Å². The van der Waals surface area contributed by atoms with Crippen molar-refractivity contribution in [1.82, 2.24) is 0 Å². The second-order valence-corrected chi connectivity index (χ2v) is 11.5. The Hall–Kier alpha value is -0.950. The van der Waals surface area contributed by atoms with Gasteiger partial charge in [-0.2, -0.15) is 0 Å². The van der Waals surface area contributed by atoms with Crippen LogP contribution in [0.5, 0.6) is 5.75 Å². The summed E-state index contributed by atoms with van der Waals surface area (Å²) in [4.78, 5) is 15.2. The Kier molecular flexibility index (Phi) is 7.73. The molecular formula is C23H14BrI2NO2S2. The number of carbonyl (C=O) groups is 1. The van der Waals surface area contributed by atoms with Crippen molar-refractivity contribution < 1.29 is 9.53 Å². The maximum atomic E-state index is 13.0. The lowest BCUT2D eigenvalue weighted by Gasteiger charge is -2.14. The van der Waals surface area contributed by atoms with E-state index in [1.165, 1.54) is 11.8 Å². The predicted molar refractivity (Wildman–Crippen MR) is 152 cm³/mol. The van der Waals surface area contributed by atoms with E-state index in [4.69, 9.17) is 17.0 Å². The molecule has 0 unspecified atom stereocenters. The molecule has 0 saturated carbocycles. The van der Waals surface area contributed by atoms with Crippen molar-refractivity contribution in [2.45, 2.75) is 6.61 Å². The quantitative estimate of drug-likeness (QED) is 0.153. The molecule has 0 spiro atoms. The molecule has 1 aliphatic heterocycles. The Balaban J connectivity index is 1.54. The largest absolute Gasteiger partial charge is 0.487 e. The number of thioether (sulfide) groups is 1. The Bertz CT molecular complexity index is 1160. The van der Waals surface area contributed by atoms with Crippen LogP contribution < -0.4 is 9.64 Å². The summed E-state index contributed by atoms with van der Waals surface area (Å²) in [6.07, 6.45) is 1.89. The summed E-state index contributed by atoms with van der Waals surface area (Å²) in [5, 5.41) is 0. The van der Waals surface area contributed by atoms with Crippen LogP contribution in [-0.2, 0) is 11.4 Å². The van der Waals surface area contributed by atoms with E-state index in [-0.39, 0.29) is 5.91 Å². The Morgan fingerprint density at radius 1 is 1.03 bits per heavy atom. The first-order valence-electron chi connectivity index (χ1n) is 9.11. The minimum atomic E-state index is -0.0956. The molecule has 31 heavy (non-hydrogen) atoms. The van der Waals surface area contributed by atoms with Crippen molar-refractivity contribution >= 4 is 107 Å². The number of rotatable bonds is 5. The van der Waals surface area contributed by atoms with Gasteiger partial charge in [0.15, 0.2) is 4.32 Å². The molecule has 0 aromatic heterocycles. The molecule has 0 N–H and O–H groups in total. The van der Waals surface area contributed by atoms with Crippen LogP contribution in [0.15, 0.2) is 76.1 Å². The average Bonchev–Trinajstić information content (AvgIpc) is 3.02. The molecule has 1 amide bonds. The zero-order chi connectivity index (χ0) is 22.0. The molecule has 8 heteroatoms. The molecule has 1 heterocycles. The van der Waals surface area contributed by atoms with E-state index in [0.717, 1.165) is 34.2 Å². The van der Waals surface area contributed by atoms with E-state index in [2.05, 4.69) is 61.1 Å². The maximum Gasteiger partial charge on any atom is 0.270 e. The second-order valence-electron chi connectivity index (χ2n) is 6.58. The third-order valence-electron chi connectivity index (χ3n) is 4.42. The molecule has 1 saturated heterocycles. The van der Waals surface area contributed by atoms with Crippen molar-refractivity contribution in [1.29, 1.82) is 0 Å². The van der Waals surface area contributed by atoms with Gasteiger partial charge in [-0.3, -0.25) is 9.69 Å². The summed E-state index contributed by atoms with van der Waals surface area (Å²) in [7, 11) is 0. The third-order valence-corrected chi connectivity index (χ3v) is 7.86. The second kappa shape index (κ2) is 10.3. The number of para-hydroxylation sites is 1. The van der Waals surface area contributed by atoms with E-state index in [0.29, 0.717) is 15.8 Å². The van der Waals surface area contributed by atoms with Crippen molar-refractivity contribution in [3.8, 4) is 5.75 Å². The van der Waals surface area contributed by atoms with Crippen LogP contribution in [0.3, 0.4) is 0 Å². The first-order valence-corrected chi connectivity index (χ1v) is 13.3.